The van der Waals surface area contributed by atoms with Crippen molar-refractivity contribution < 1.29 is 0 Å². The Bertz CT molecular complexity index is 390. The Hall–Kier alpha value is -1.38. The molecule has 0 aliphatic heterocycles. The number of rotatable bonds is 0. The molecule has 0 fully saturated rings. The fraction of sp³-hybridized carbons (Fsp3) is 0.400. The summed E-state index contributed by atoms with van der Waals surface area (Å²) in [7, 11) is 0. The van der Waals surface area contributed by atoms with Gasteiger partial charge in [0.2, 0.25) is 0 Å². The zero-order chi connectivity index (χ0) is 9.84. The first-order valence-electron chi connectivity index (χ1n) is 4.55. The van der Waals surface area contributed by atoms with E-state index in [9.17, 15) is 0 Å². The number of nitrogens with zero attached hydrogens (tertiary/aromatic N) is 3. The maximum Gasteiger partial charge on any atom is 0.153 e. The lowest BCUT2D eigenvalue weighted by Crippen LogP contribution is -1.94. The van der Waals surface area contributed by atoms with Crippen LogP contribution >= 0.6 is 0 Å². The van der Waals surface area contributed by atoms with Gasteiger partial charge in [0, 0.05) is 0 Å². The molecule has 2 heterocycles. The predicted octanol–water partition coefficient (Wildman–Crippen LogP) is 2.37. The molecule has 2 rings (SSSR count). The summed E-state index contributed by atoms with van der Waals surface area (Å²) in [6, 6.07) is 3.93. The van der Waals surface area contributed by atoms with Gasteiger partial charge in [-0.15, -0.1) is 0 Å². The summed E-state index contributed by atoms with van der Waals surface area (Å²) in [6.07, 6.45) is 1.82. The van der Waals surface area contributed by atoms with E-state index in [4.69, 9.17) is 0 Å². The Morgan fingerprint density at radius 1 is 1.15 bits per heavy atom. The Morgan fingerprint density at radius 2 is 1.85 bits per heavy atom. The van der Waals surface area contributed by atoms with Crippen LogP contribution in [0.5, 0.6) is 0 Å². The highest BCUT2D eigenvalue weighted by atomic mass is 15.3. The maximum absolute atomic E-state index is 4.29. The van der Waals surface area contributed by atoms with Crippen LogP contribution in [0.15, 0.2) is 18.3 Å². The number of aryl methyl sites for hydroxylation is 2. The minimum Gasteiger partial charge on any atom is -0.235 e. The van der Waals surface area contributed by atoms with Crippen molar-refractivity contribution in [1.29, 1.82) is 0 Å². The third kappa shape index (κ3) is 1.86. The molecule has 0 atom stereocenters. The Kier molecular flexibility index (Phi) is 3.01. The van der Waals surface area contributed by atoms with E-state index in [1.165, 1.54) is 0 Å². The van der Waals surface area contributed by atoms with Crippen LogP contribution in [0.25, 0.3) is 5.65 Å². The minimum atomic E-state index is 0.910. The summed E-state index contributed by atoms with van der Waals surface area (Å²) in [5.41, 5.74) is 3.00. The lowest BCUT2D eigenvalue weighted by molar-refractivity contribution is 0.870. The van der Waals surface area contributed by atoms with Crippen molar-refractivity contribution in [2.45, 2.75) is 27.7 Å². The third-order valence-corrected chi connectivity index (χ3v) is 1.67. The summed E-state index contributed by atoms with van der Waals surface area (Å²) in [4.78, 5) is 4.16. The summed E-state index contributed by atoms with van der Waals surface area (Å²) in [5.74, 6) is 0. The molecule has 13 heavy (non-hydrogen) atoms. The molecule has 0 spiro atoms. The molecule has 0 radical (unpaired) electrons. The maximum atomic E-state index is 4.29. The first-order chi connectivity index (χ1) is 6.27. The largest absolute Gasteiger partial charge is 0.235 e. The number of aromatic nitrogens is 3. The second-order valence-electron chi connectivity index (χ2n) is 2.64. The normalized spacial score (nSPS) is 9.54. The van der Waals surface area contributed by atoms with Crippen LogP contribution < -0.4 is 0 Å². The lowest BCUT2D eigenvalue weighted by Gasteiger charge is -1.95. The molecule has 0 aromatic carbocycles. The molecule has 3 nitrogen and oxygen atoms in total. The first kappa shape index (κ1) is 9.71. The van der Waals surface area contributed by atoms with Crippen LogP contribution in [0.1, 0.15) is 25.2 Å². The molecular weight excluding hydrogens is 162 g/mol. The summed E-state index contributed by atoms with van der Waals surface area (Å²) < 4.78 is 1.84. The Labute approximate surface area is 78.4 Å². The number of hydrogen-bond donors (Lipinski definition) is 0. The number of fused-ring (bicyclic) bond motifs is 1. The van der Waals surface area contributed by atoms with Crippen LogP contribution in [0, 0.1) is 13.8 Å². The van der Waals surface area contributed by atoms with Crippen LogP contribution in [-0.2, 0) is 0 Å². The average Bonchev–Trinajstić information content (AvgIpc) is 2.52. The van der Waals surface area contributed by atoms with Gasteiger partial charge >= 0.3 is 0 Å². The van der Waals surface area contributed by atoms with Crippen LogP contribution in [0.4, 0.5) is 0 Å². The van der Waals surface area contributed by atoms with E-state index >= 15 is 0 Å². The zero-order valence-corrected chi connectivity index (χ0v) is 8.57. The lowest BCUT2D eigenvalue weighted by atomic mass is 10.4. The smallest absolute Gasteiger partial charge is 0.153 e. The second kappa shape index (κ2) is 4.03. The fourth-order valence-corrected chi connectivity index (χ4v) is 1.08. The van der Waals surface area contributed by atoms with Crippen molar-refractivity contribution >= 4 is 5.65 Å². The monoisotopic (exact) mass is 177 g/mol. The van der Waals surface area contributed by atoms with Crippen LogP contribution in [0.3, 0.4) is 0 Å². The van der Waals surface area contributed by atoms with Crippen molar-refractivity contribution in [3.05, 3.63) is 29.7 Å². The van der Waals surface area contributed by atoms with E-state index in [2.05, 4.69) is 10.1 Å². The van der Waals surface area contributed by atoms with Gasteiger partial charge in [-0.25, -0.2) is 9.50 Å². The molecule has 3 heteroatoms. The SMILES string of the molecule is CC.Cc1ccc2ncc(C)n2n1. The molecule has 0 aliphatic carbocycles. The van der Waals surface area contributed by atoms with Gasteiger partial charge in [0.25, 0.3) is 0 Å². The van der Waals surface area contributed by atoms with E-state index in [-0.39, 0.29) is 0 Å². The van der Waals surface area contributed by atoms with Gasteiger partial charge in [-0.2, -0.15) is 5.10 Å². The van der Waals surface area contributed by atoms with Gasteiger partial charge in [0.05, 0.1) is 17.6 Å². The Morgan fingerprint density at radius 3 is 2.54 bits per heavy atom. The molecule has 2 aromatic heterocycles. The number of imidazole rings is 1. The second-order valence-corrected chi connectivity index (χ2v) is 2.64. The molecule has 70 valence electrons. The first-order valence-corrected chi connectivity index (χ1v) is 4.55. The number of hydrogen-bond acceptors (Lipinski definition) is 2. The molecule has 2 aromatic rings. The van der Waals surface area contributed by atoms with Gasteiger partial charge in [-0.1, -0.05) is 13.8 Å². The predicted molar refractivity (Wildman–Crippen MR) is 53.8 cm³/mol. The summed E-state index contributed by atoms with van der Waals surface area (Å²) in [5, 5.41) is 4.29. The summed E-state index contributed by atoms with van der Waals surface area (Å²) >= 11 is 0. The quantitative estimate of drug-likeness (QED) is 0.618. The average molecular weight is 177 g/mol. The molecule has 0 N–H and O–H groups in total. The molecule has 0 bridgehead atoms. The van der Waals surface area contributed by atoms with Crippen LogP contribution in [-0.4, -0.2) is 14.6 Å². The Balaban J connectivity index is 0.000000396. The zero-order valence-electron chi connectivity index (χ0n) is 8.57. The molecule has 0 amide bonds. The van der Waals surface area contributed by atoms with Gasteiger partial charge in [-0.05, 0) is 26.0 Å². The molecule has 0 aliphatic rings. The van der Waals surface area contributed by atoms with Crippen molar-refractivity contribution in [1.82, 2.24) is 14.6 Å². The van der Waals surface area contributed by atoms with E-state index < -0.39 is 0 Å². The van der Waals surface area contributed by atoms with Gasteiger partial charge in [0.15, 0.2) is 5.65 Å². The molecular formula is C10H15N3. The fourth-order valence-electron chi connectivity index (χ4n) is 1.08. The minimum absolute atomic E-state index is 0.910. The highest BCUT2D eigenvalue weighted by Gasteiger charge is 1.97. The third-order valence-electron chi connectivity index (χ3n) is 1.67. The van der Waals surface area contributed by atoms with Crippen LogP contribution in [0.2, 0.25) is 0 Å². The van der Waals surface area contributed by atoms with E-state index in [0.717, 1.165) is 17.0 Å². The summed E-state index contributed by atoms with van der Waals surface area (Å²) in [6.45, 7) is 7.96. The van der Waals surface area contributed by atoms with E-state index in [1.807, 2.05) is 50.5 Å². The van der Waals surface area contributed by atoms with E-state index in [1.54, 1.807) is 0 Å². The van der Waals surface area contributed by atoms with Gasteiger partial charge in [0.1, 0.15) is 0 Å². The van der Waals surface area contributed by atoms with E-state index in [0.29, 0.717) is 0 Å². The van der Waals surface area contributed by atoms with Gasteiger partial charge < -0.3 is 0 Å². The van der Waals surface area contributed by atoms with Gasteiger partial charge in [-0.3, -0.25) is 0 Å². The van der Waals surface area contributed by atoms with Crippen molar-refractivity contribution in [3.63, 3.8) is 0 Å². The highest BCUT2D eigenvalue weighted by Crippen LogP contribution is 2.03. The van der Waals surface area contributed by atoms with Crippen molar-refractivity contribution in [3.8, 4) is 0 Å². The molecule has 0 unspecified atom stereocenters. The van der Waals surface area contributed by atoms with Crippen molar-refractivity contribution in [2.75, 3.05) is 0 Å². The standard InChI is InChI=1S/C8H9N3.C2H6/c1-6-3-4-8-9-5-7(2)11(8)10-6;1-2/h3-5H,1-2H3;1-2H3. The molecule has 0 saturated carbocycles. The highest BCUT2D eigenvalue weighted by molar-refractivity contribution is 5.38. The topological polar surface area (TPSA) is 30.2 Å². The van der Waals surface area contributed by atoms with Crippen molar-refractivity contribution in [2.24, 2.45) is 0 Å². The molecule has 0 saturated heterocycles.